The van der Waals surface area contributed by atoms with E-state index < -0.39 is 17.8 Å². The predicted octanol–water partition coefficient (Wildman–Crippen LogP) is 3.08. The third-order valence-corrected chi connectivity index (χ3v) is 2.94. The van der Waals surface area contributed by atoms with Gasteiger partial charge in [-0.1, -0.05) is 12.1 Å². The minimum atomic E-state index is -4.38. The molecule has 1 unspecified atom stereocenters. The molecule has 0 fully saturated rings. The first kappa shape index (κ1) is 15.0. The molecule has 0 aliphatic heterocycles. The van der Waals surface area contributed by atoms with Crippen molar-refractivity contribution in [3.05, 3.63) is 35.4 Å². The predicted molar refractivity (Wildman–Crippen MR) is 64.2 cm³/mol. The van der Waals surface area contributed by atoms with Gasteiger partial charge in [0, 0.05) is 12.6 Å². The first-order chi connectivity index (χ1) is 8.21. The van der Waals surface area contributed by atoms with Crippen LogP contribution >= 0.6 is 0 Å². The summed E-state index contributed by atoms with van der Waals surface area (Å²) in [6, 6.07) is 5.05. The molecule has 102 valence electrons. The molecule has 0 aliphatic carbocycles. The molecule has 0 saturated heterocycles. The molecule has 0 saturated carbocycles. The van der Waals surface area contributed by atoms with Crippen molar-refractivity contribution in [1.29, 1.82) is 0 Å². The van der Waals surface area contributed by atoms with Crippen molar-refractivity contribution in [3.8, 4) is 0 Å². The van der Waals surface area contributed by atoms with Gasteiger partial charge in [0.15, 0.2) is 0 Å². The van der Waals surface area contributed by atoms with Gasteiger partial charge in [-0.25, -0.2) is 0 Å². The number of hydrogen-bond acceptors (Lipinski definition) is 2. The molecular weight excluding hydrogens is 243 g/mol. The van der Waals surface area contributed by atoms with E-state index in [2.05, 4.69) is 0 Å². The van der Waals surface area contributed by atoms with E-state index in [1.807, 2.05) is 25.8 Å². The van der Waals surface area contributed by atoms with Crippen molar-refractivity contribution in [1.82, 2.24) is 4.90 Å². The fourth-order valence-electron chi connectivity index (χ4n) is 1.51. The van der Waals surface area contributed by atoms with E-state index in [1.54, 1.807) is 0 Å². The summed E-state index contributed by atoms with van der Waals surface area (Å²) in [5.41, 5.74) is -0.441. The van der Waals surface area contributed by atoms with Crippen molar-refractivity contribution < 1.29 is 18.3 Å². The van der Waals surface area contributed by atoms with E-state index in [9.17, 15) is 18.3 Å². The third kappa shape index (κ3) is 3.99. The number of halogens is 3. The van der Waals surface area contributed by atoms with Gasteiger partial charge in [0.25, 0.3) is 0 Å². The van der Waals surface area contributed by atoms with Crippen LogP contribution in [-0.2, 0) is 6.18 Å². The number of aliphatic hydroxyl groups excluding tert-OH is 1. The molecule has 0 radical (unpaired) electrons. The minimum absolute atomic E-state index is 0.227. The normalized spacial score (nSPS) is 14.3. The highest BCUT2D eigenvalue weighted by molar-refractivity contribution is 5.27. The zero-order chi connectivity index (χ0) is 13.9. The zero-order valence-corrected chi connectivity index (χ0v) is 10.7. The summed E-state index contributed by atoms with van der Waals surface area (Å²) in [6.07, 6.45) is -5.29. The summed E-state index contributed by atoms with van der Waals surface area (Å²) in [7, 11) is 1.82. The Kier molecular flexibility index (Phi) is 4.76. The topological polar surface area (TPSA) is 23.5 Å². The quantitative estimate of drug-likeness (QED) is 0.900. The number of nitrogens with zero attached hydrogens (tertiary/aromatic N) is 1. The van der Waals surface area contributed by atoms with Crippen molar-refractivity contribution in [3.63, 3.8) is 0 Å². The molecule has 0 aromatic heterocycles. The number of aliphatic hydroxyl groups is 1. The Morgan fingerprint density at radius 3 is 2.39 bits per heavy atom. The molecule has 2 nitrogen and oxygen atoms in total. The van der Waals surface area contributed by atoms with Gasteiger partial charge in [-0.2, -0.15) is 13.2 Å². The molecule has 1 atom stereocenters. The molecule has 0 amide bonds. The second-order valence-corrected chi connectivity index (χ2v) is 4.67. The molecule has 1 N–H and O–H groups in total. The summed E-state index contributed by atoms with van der Waals surface area (Å²) in [5, 5.41) is 9.92. The SMILES string of the molecule is CC(C)N(C)CC(O)c1cccc(C(F)(F)F)c1. The summed E-state index contributed by atoms with van der Waals surface area (Å²) in [6.45, 7) is 4.22. The standard InChI is InChI=1S/C13H18F3NO/c1-9(2)17(3)8-12(18)10-5-4-6-11(7-10)13(14,15)16/h4-7,9,12,18H,8H2,1-3H3. The van der Waals surface area contributed by atoms with Gasteiger partial charge in [-0.05, 0) is 38.6 Å². The van der Waals surface area contributed by atoms with Crippen LogP contribution in [0.3, 0.4) is 0 Å². The van der Waals surface area contributed by atoms with Crippen LogP contribution in [0.25, 0.3) is 0 Å². The van der Waals surface area contributed by atoms with Crippen LogP contribution in [-0.4, -0.2) is 29.6 Å². The summed E-state index contributed by atoms with van der Waals surface area (Å²) >= 11 is 0. The van der Waals surface area contributed by atoms with Gasteiger partial charge in [-0.3, -0.25) is 0 Å². The fraction of sp³-hybridized carbons (Fsp3) is 0.538. The monoisotopic (exact) mass is 261 g/mol. The Morgan fingerprint density at radius 2 is 1.89 bits per heavy atom. The van der Waals surface area contributed by atoms with E-state index in [1.165, 1.54) is 12.1 Å². The highest BCUT2D eigenvalue weighted by atomic mass is 19.4. The maximum atomic E-state index is 12.5. The van der Waals surface area contributed by atoms with Crippen molar-refractivity contribution in [2.45, 2.75) is 32.2 Å². The van der Waals surface area contributed by atoms with Gasteiger partial charge < -0.3 is 10.0 Å². The Morgan fingerprint density at radius 1 is 1.28 bits per heavy atom. The lowest BCUT2D eigenvalue weighted by Gasteiger charge is -2.24. The lowest BCUT2D eigenvalue weighted by molar-refractivity contribution is -0.137. The largest absolute Gasteiger partial charge is 0.416 e. The van der Waals surface area contributed by atoms with E-state index in [-0.39, 0.29) is 11.6 Å². The highest BCUT2D eigenvalue weighted by Crippen LogP contribution is 2.30. The summed E-state index contributed by atoms with van der Waals surface area (Å²) < 4.78 is 37.6. The van der Waals surface area contributed by atoms with Crippen LogP contribution in [0.15, 0.2) is 24.3 Å². The van der Waals surface area contributed by atoms with Crippen LogP contribution in [0.1, 0.15) is 31.1 Å². The zero-order valence-electron chi connectivity index (χ0n) is 10.7. The van der Waals surface area contributed by atoms with Gasteiger partial charge in [0.2, 0.25) is 0 Å². The van der Waals surface area contributed by atoms with Crippen LogP contribution in [0.4, 0.5) is 13.2 Å². The Labute approximate surface area is 105 Å². The van der Waals surface area contributed by atoms with Crippen LogP contribution in [0.5, 0.6) is 0 Å². The van der Waals surface area contributed by atoms with Gasteiger partial charge in [0.1, 0.15) is 0 Å². The lowest BCUT2D eigenvalue weighted by Crippen LogP contribution is -2.30. The molecule has 1 rings (SSSR count). The molecule has 0 spiro atoms. The van der Waals surface area contributed by atoms with Gasteiger partial charge >= 0.3 is 6.18 Å². The smallest absolute Gasteiger partial charge is 0.387 e. The molecule has 0 bridgehead atoms. The average Bonchev–Trinajstić information content (AvgIpc) is 2.27. The van der Waals surface area contributed by atoms with Crippen molar-refractivity contribution in [2.75, 3.05) is 13.6 Å². The van der Waals surface area contributed by atoms with Gasteiger partial charge in [-0.15, -0.1) is 0 Å². The average molecular weight is 261 g/mol. The first-order valence-electron chi connectivity index (χ1n) is 5.77. The third-order valence-electron chi connectivity index (χ3n) is 2.94. The molecule has 0 heterocycles. The summed E-state index contributed by atoms with van der Waals surface area (Å²) in [4.78, 5) is 1.88. The van der Waals surface area contributed by atoms with Gasteiger partial charge in [0.05, 0.1) is 11.7 Å². The van der Waals surface area contributed by atoms with E-state index in [0.29, 0.717) is 6.54 Å². The van der Waals surface area contributed by atoms with Crippen LogP contribution in [0.2, 0.25) is 0 Å². The Balaban J connectivity index is 2.84. The molecule has 0 aliphatic rings. The van der Waals surface area contributed by atoms with E-state index in [0.717, 1.165) is 12.1 Å². The van der Waals surface area contributed by atoms with E-state index >= 15 is 0 Å². The first-order valence-corrected chi connectivity index (χ1v) is 5.77. The fourth-order valence-corrected chi connectivity index (χ4v) is 1.51. The minimum Gasteiger partial charge on any atom is -0.387 e. The number of hydrogen-bond donors (Lipinski definition) is 1. The highest BCUT2D eigenvalue weighted by Gasteiger charge is 2.30. The molecule has 1 aromatic rings. The van der Waals surface area contributed by atoms with Crippen molar-refractivity contribution in [2.24, 2.45) is 0 Å². The number of alkyl halides is 3. The van der Waals surface area contributed by atoms with E-state index in [4.69, 9.17) is 0 Å². The molecule has 1 aromatic carbocycles. The number of likely N-dealkylation sites (N-methyl/N-ethyl adjacent to an activating group) is 1. The lowest BCUT2D eigenvalue weighted by atomic mass is 10.1. The number of benzene rings is 1. The van der Waals surface area contributed by atoms with Crippen LogP contribution < -0.4 is 0 Å². The van der Waals surface area contributed by atoms with Crippen molar-refractivity contribution >= 4 is 0 Å². The Bertz CT molecular complexity index is 390. The second kappa shape index (κ2) is 5.71. The number of rotatable bonds is 4. The maximum Gasteiger partial charge on any atom is 0.416 e. The molecule has 18 heavy (non-hydrogen) atoms. The molecular formula is C13H18F3NO. The Hall–Kier alpha value is -1.07. The molecule has 5 heteroatoms. The van der Waals surface area contributed by atoms with Crippen LogP contribution in [0, 0.1) is 0 Å². The summed E-state index contributed by atoms with van der Waals surface area (Å²) in [5.74, 6) is 0. The maximum absolute atomic E-state index is 12.5. The second-order valence-electron chi connectivity index (χ2n) is 4.67.